The Labute approximate surface area is 294 Å². The van der Waals surface area contributed by atoms with Crippen molar-refractivity contribution in [3.8, 4) is 5.75 Å². The van der Waals surface area contributed by atoms with E-state index < -0.39 is 62.0 Å². The summed E-state index contributed by atoms with van der Waals surface area (Å²) in [4.78, 5) is 35.7. The molecule has 12 nitrogen and oxygen atoms in total. The second-order valence-corrected chi connectivity index (χ2v) is 13.5. The van der Waals surface area contributed by atoms with E-state index in [1.54, 1.807) is 13.8 Å². The summed E-state index contributed by atoms with van der Waals surface area (Å²) < 4.78 is 13.2. The van der Waals surface area contributed by atoms with Gasteiger partial charge in [0.15, 0.2) is 0 Å². The van der Waals surface area contributed by atoms with Gasteiger partial charge in [-0.3, -0.25) is 25.0 Å². The molecule has 10 atom stereocenters. The second kappa shape index (κ2) is 16.2. The number of Topliss-reactive ketones (excluding diaryl/α,β-unsaturated/α-hetero) is 1. The van der Waals surface area contributed by atoms with Gasteiger partial charge < -0.3 is 24.8 Å². The standard InChI is InChI=1S/C33H52N2O10.Na/c1-9-23(31-20(6)17-33(11-3,45-31)26-14-15-32(39,10-2)22(8)44-26)30(38)21(7)28(36)18(4)12-13-24-25(34(40)41)16-19(5)29(37)27(24)35(42)43;/h16,18,20-23,26,28,31,36-37,39H,9-15,17H2,1-8H3;/q;+1/p-1/t18-,20?,21+,22?,23-,26?,28+,31-,32?,33?;/m1./s1. The van der Waals surface area contributed by atoms with Gasteiger partial charge in [0.1, 0.15) is 11.3 Å². The summed E-state index contributed by atoms with van der Waals surface area (Å²) in [5, 5.41) is 58.0. The molecule has 2 fully saturated rings. The van der Waals surface area contributed by atoms with Crippen LogP contribution in [0.3, 0.4) is 0 Å². The maximum absolute atomic E-state index is 13.9. The van der Waals surface area contributed by atoms with E-state index in [1.807, 2.05) is 20.8 Å². The maximum Gasteiger partial charge on any atom is 1.00 e. The molecule has 0 amide bonds. The Kier molecular flexibility index (Phi) is 14.2. The predicted molar refractivity (Wildman–Crippen MR) is 166 cm³/mol. The van der Waals surface area contributed by atoms with Gasteiger partial charge in [0.2, 0.25) is 0 Å². The molecule has 0 aromatic heterocycles. The third-order valence-corrected chi connectivity index (χ3v) is 10.9. The van der Waals surface area contributed by atoms with Crippen molar-refractivity contribution < 1.29 is 69.0 Å². The quantitative estimate of drug-likeness (QED) is 0.171. The van der Waals surface area contributed by atoms with Crippen molar-refractivity contribution in [3.05, 3.63) is 37.4 Å². The van der Waals surface area contributed by atoms with Crippen LogP contribution in [-0.2, 0) is 20.7 Å². The molecule has 254 valence electrons. The number of aliphatic hydroxyl groups excluding tert-OH is 1. The molecule has 0 radical (unpaired) electrons. The van der Waals surface area contributed by atoms with Gasteiger partial charge >= 0.3 is 29.6 Å². The van der Waals surface area contributed by atoms with Gasteiger partial charge in [-0.15, -0.1) is 0 Å². The minimum atomic E-state index is -1.12. The number of aliphatic hydroxyl groups is 2. The van der Waals surface area contributed by atoms with Gasteiger partial charge in [0.25, 0.3) is 11.4 Å². The first-order chi connectivity index (χ1) is 21.0. The van der Waals surface area contributed by atoms with Crippen LogP contribution in [0.15, 0.2) is 6.07 Å². The summed E-state index contributed by atoms with van der Waals surface area (Å²) in [7, 11) is 0. The fraction of sp³-hybridized carbons (Fsp3) is 0.788. The molecule has 2 aliphatic rings. The summed E-state index contributed by atoms with van der Waals surface area (Å²) in [6.45, 7) is 14.5. The minimum absolute atomic E-state index is 0. The van der Waals surface area contributed by atoms with Crippen LogP contribution in [0.4, 0.5) is 11.4 Å². The van der Waals surface area contributed by atoms with E-state index in [2.05, 4.69) is 13.8 Å². The van der Waals surface area contributed by atoms with E-state index in [0.29, 0.717) is 38.5 Å². The largest absolute Gasteiger partial charge is 1.00 e. The fourth-order valence-electron chi connectivity index (χ4n) is 7.66. The van der Waals surface area contributed by atoms with Crippen molar-refractivity contribution in [1.82, 2.24) is 0 Å². The molecular formula is C33H51N2NaO10. The van der Waals surface area contributed by atoms with Crippen LogP contribution in [0.5, 0.6) is 5.75 Å². The number of aryl methyl sites for hydroxylation is 1. The summed E-state index contributed by atoms with van der Waals surface area (Å²) >= 11 is 0. The molecular weight excluding hydrogens is 607 g/mol. The van der Waals surface area contributed by atoms with E-state index in [1.165, 1.54) is 6.92 Å². The molecule has 5 unspecified atom stereocenters. The number of nitro groups is 2. The molecule has 46 heavy (non-hydrogen) atoms. The average Bonchev–Trinajstić information content (AvgIpc) is 3.34. The first-order valence-corrected chi connectivity index (χ1v) is 16.4. The number of carbonyl (C=O) groups is 1. The van der Waals surface area contributed by atoms with Crippen LogP contribution in [0.2, 0.25) is 0 Å². The zero-order valence-corrected chi connectivity index (χ0v) is 30.9. The molecule has 1 aromatic carbocycles. The Bertz CT molecular complexity index is 1260. The van der Waals surface area contributed by atoms with Gasteiger partial charge in [-0.05, 0) is 88.4 Å². The number of nitro benzene ring substituents is 2. The van der Waals surface area contributed by atoms with Gasteiger partial charge in [-0.1, -0.05) is 41.5 Å². The minimum Gasteiger partial charge on any atom is -0.868 e. The normalized spacial score (nSPS) is 30.6. The topological polar surface area (TPSA) is 185 Å². The van der Waals surface area contributed by atoms with Gasteiger partial charge in [0.05, 0.1) is 45.5 Å². The van der Waals surface area contributed by atoms with Crippen molar-refractivity contribution in [2.75, 3.05) is 0 Å². The third-order valence-electron chi connectivity index (χ3n) is 10.9. The molecule has 1 aromatic rings. The predicted octanol–water partition coefficient (Wildman–Crippen LogP) is 2.33. The van der Waals surface area contributed by atoms with Gasteiger partial charge in [0, 0.05) is 17.9 Å². The SMILES string of the molecule is CC[C@H](C(=O)[C@@H](C)[C@@H](O)[C@H](C)CCc1c([N+](=O)[O-])cc(C)c([O-])c1[N+](=O)[O-])[C@@H]1OC(CC)(C2CCC(O)(CC)C(C)O2)CC1C.[Na+]. The summed E-state index contributed by atoms with van der Waals surface area (Å²) in [5.41, 5.74) is -3.14. The molecule has 2 saturated heterocycles. The van der Waals surface area contributed by atoms with Gasteiger partial charge in [-0.2, -0.15) is 0 Å². The van der Waals surface area contributed by atoms with Crippen molar-refractivity contribution in [3.63, 3.8) is 0 Å². The van der Waals surface area contributed by atoms with Crippen LogP contribution in [0, 0.1) is 50.8 Å². The fourth-order valence-corrected chi connectivity index (χ4v) is 7.66. The Morgan fingerprint density at radius 2 is 1.76 bits per heavy atom. The number of hydrogen-bond acceptors (Lipinski definition) is 10. The van der Waals surface area contributed by atoms with E-state index in [9.17, 15) is 40.3 Å². The third kappa shape index (κ3) is 7.96. The number of hydrogen-bond donors (Lipinski definition) is 2. The number of rotatable bonds is 14. The van der Waals surface area contributed by atoms with E-state index in [4.69, 9.17) is 9.47 Å². The molecule has 13 heteroatoms. The Morgan fingerprint density at radius 1 is 1.13 bits per heavy atom. The van der Waals surface area contributed by atoms with E-state index in [-0.39, 0.29) is 83.5 Å². The number of carbonyl (C=O) groups excluding carboxylic acids is 1. The van der Waals surface area contributed by atoms with E-state index in [0.717, 1.165) is 6.07 Å². The molecule has 2 heterocycles. The second-order valence-electron chi connectivity index (χ2n) is 13.5. The molecule has 0 bridgehead atoms. The van der Waals surface area contributed by atoms with Gasteiger partial charge in [-0.25, -0.2) is 0 Å². The molecule has 3 rings (SSSR count). The van der Waals surface area contributed by atoms with Crippen LogP contribution in [0.25, 0.3) is 0 Å². The Hall–Kier alpha value is -1.67. The zero-order valence-electron chi connectivity index (χ0n) is 28.9. The smallest absolute Gasteiger partial charge is 0.868 e. The van der Waals surface area contributed by atoms with Crippen LogP contribution >= 0.6 is 0 Å². The summed E-state index contributed by atoms with van der Waals surface area (Å²) in [5.74, 6) is -2.79. The first kappa shape index (κ1) is 40.5. The molecule has 0 aliphatic carbocycles. The van der Waals surface area contributed by atoms with Crippen molar-refractivity contribution in [1.29, 1.82) is 0 Å². The van der Waals surface area contributed by atoms with Crippen LogP contribution in [-0.4, -0.2) is 61.5 Å². The number of ether oxygens (including phenoxy) is 2. The first-order valence-electron chi connectivity index (χ1n) is 16.4. The van der Waals surface area contributed by atoms with Crippen molar-refractivity contribution >= 4 is 17.2 Å². The monoisotopic (exact) mass is 658 g/mol. The Balaban J connectivity index is 0.00000736. The number of benzene rings is 1. The van der Waals surface area contributed by atoms with Crippen molar-refractivity contribution in [2.24, 2.45) is 23.7 Å². The van der Waals surface area contributed by atoms with Crippen LogP contribution in [0.1, 0.15) is 105 Å². The molecule has 2 aliphatic heterocycles. The summed E-state index contributed by atoms with van der Waals surface area (Å²) in [6.07, 6.45) is 1.64. The molecule has 0 spiro atoms. The number of ketones is 1. The maximum atomic E-state index is 13.9. The molecule has 0 saturated carbocycles. The van der Waals surface area contributed by atoms with E-state index >= 15 is 0 Å². The summed E-state index contributed by atoms with van der Waals surface area (Å²) in [6, 6.07) is 1.05. The van der Waals surface area contributed by atoms with Crippen LogP contribution < -0.4 is 34.7 Å². The molecule has 2 N–H and O–H groups in total. The van der Waals surface area contributed by atoms with Crippen molar-refractivity contribution in [2.45, 2.75) is 142 Å². The average molecular weight is 659 g/mol. The number of nitrogens with zero attached hydrogens (tertiary/aromatic N) is 2. The Morgan fingerprint density at radius 3 is 2.26 bits per heavy atom. The zero-order chi connectivity index (χ0) is 34.0.